The van der Waals surface area contributed by atoms with Crippen molar-refractivity contribution in [2.75, 3.05) is 42.7 Å². The monoisotopic (exact) mass is 557 g/mol. The van der Waals surface area contributed by atoms with Gasteiger partial charge in [-0.25, -0.2) is 0 Å². The molecule has 0 aliphatic heterocycles. The Labute approximate surface area is 239 Å². The molecule has 2 unspecified atom stereocenters. The first-order valence-corrected chi connectivity index (χ1v) is 13.1. The molecule has 0 aliphatic carbocycles. The molecule has 2 atom stereocenters. The molecule has 0 fully saturated rings. The summed E-state index contributed by atoms with van der Waals surface area (Å²) in [6, 6.07) is 20.2. The zero-order chi connectivity index (χ0) is 28.9. The van der Waals surface area contributed by atoms with Crippen LogP contribution in [0, 0.1) is 0 Å². The van der Waals surface area contributed by atoms with Gasteiger partial charge in [0, 0.05) is 35.2 Å². The lowest BCUT2D eigenvalue weighted by Crippen LogP contribution is -2.09. The van der Waals surface area contributed by atoms with Crippen molar-refractivity contribution in [3.63, 3.8) is 0 Å². The van der Waals surface area contributed by atoms with Gasteiger partial charge in [0.1, 0.15) is 0 Å². The van der Waals surface area contributed by atoms with Crippen molar-refractivity contribution in [3.8, 4) is 34.5 Å². The predicted octanol–water partition coefficient (Wildman–Crippen LogP) is 6.08. The number of methoxy groups -OCH3 is 6. The van der Waals surface area contributed by atoms with Gasteiger partial charge < -0.3 is 43.4 Å². The van der Waals surface area contributed by atoms with Gasteiger partial charge in [-0.2, -0.15) is 0 Å². The SMILES string of the molecule is COc1cc(C(c2ccc[nH]2)c2ccc(C(c3cc(OC)c(OC)c(OC)c3)c3ccc[nH]3)[nH]2)cc(OC)c1OC. The topological polar surface area (TPSA) is 103 Å². The van der Waals surface area contributed by atoms with Crippen LogP contribution in [0.15, 0.2) is 73.1 Å². The number of aromatic amines is 3. The molecule has 0 amide bonds. The number of nitrogens with one attached hydrogen (secondary N) is 3. The maximum atomic E-state index is 5.67. The first-order valence-electron chi connectivity index (χ1n) is 13.1. The van der Waals surface area contributed by atoms with E-state index >= 15 is 0 Å². The Balaban J connectivity index is 1.66. The van der Waals surface area contributed by atoms with Crippen LogP contribution >= 0.6 is 0 Å². The summed E-state index contributed by atoms with van der Waals surface area (Å²) in [6.45, 7) is 0. The number of rotatable bonds is 12. The van der Waals surface area contributed by atoms with Crippen LogP contribution in [-0.4, -0.2) is 57.6 Å². The van der Waals surface area contributed by atoms with E-state index in [-0.39, 0.29) is 11.8 Å². The molecular weight excluding hydrogens is 522 g/mol. The molecule has 5 rings (SSSR count). The first-order chi connectivity index (χ1) is 20.1. The maximum Gasteiger partial charge on any atom is 0.203 e. The normalized spacial score (nSPS) is 12.4. The van der Waals surface area contributed by atoms with Gasteiger partial charge >= 0.3 is 0 Å². The van der Waals surface area contributed by atoms with Crippen molar-refractivity contribution < 1.29 is 28.4 Å². The summed E-state index contributed by atoms with van der Waals surface area (Å²) in [4.78, 5) is 10.5. The second-order valence-corrected chi connectivity index (χ2v) is 9.40. The van der Waals surface area contributed by atoms with Crippen molar-refractivity contribution in [2.45, 2.75) is 11.8 Å². The second-order valence-electron chi connectivity index (χ2n) is 9.40. The number of benzene rings is 2. The zero-order valence-electron chi connectivity index (χ0n) is 24.0. The van der Waals surface area contributed by atoms with Gasteiger partial charge in [-0.05, 0) is 71.8 Å². The van der Waals surface area contributed by atoms with E-state index in [9.17, 15) is 0 Å². The van der Waals surface area contributed by atoms with E-state index in [1.165, 1.54) is 0 Å². The average Bonchev–Trinajstić information content (AvgIpc) is 3.81. The number of aromatic nitrogens is 3. The number of hydrogen-bond acceptors (Lipinski definition) is 6. The second kappa shape index (κ2) is 12.1. The largest absolute Gasteiger partial charge is 0.493 e. The Bertz CT molecular complexity index is 1410. The van der Waals surface area contributed by atoms with E-state index in [1.807, 2.05) is 48.8 Å². The molecule has 9 heteroatoms. The minimum atomic E-state index is -0.170. The molecule has 3 aromatic heterocycles. The summed E-state index contributed by atoms with van der Waals surface area (Å²) in [6.07, 6.45) is 3.84. The van der Waals surface area contributed by atoms with Gasteiger partial charge in [0.2, 0.25) is 11.5 Å². The molecule has 9 nitrogen and oxygen atoms in total. The van der Waals surface area contributed by atoms with Crippen LogP contribution < -0.4 is 28.4 Å². The molecule has 0 bridgehead atoms. The van der Waals surface area contributed by atoms with Crippen molar-refractivity contribution >= 4 is 0 Å². The highest BCUT2D eigenvalue weighted by Crippen LogP contribution is 2.45. The van der Waals surface area contributed by atoms with Crippen molar-refractivity contribution in [3.05, 3.63) is 107 Å². The average molecular weight is 558 g/mol. The minimum Gasteiger partial charge on any atom is -0.493 e. The van der Waals surface area contributed by atoms with E-state index in [2.05, 4.69) is 39.2 Å². The van der Waals surface area contributed by atoms with Gasteiger partial charge in [-0.3, -0.25) is 0 Å². The Morgan fingerprint density at radius 2 is 0.829 bits per heavy atom. The number of hydrogen-bond donors (Lipinski definition) is 3. The molecular formula is C32H35N3O6. The summed E-state index contributed by atoms with van der Waals surface area (Å²) in [5.41, 5.74) is 5.94. The van der Waals surface area contributed by atoms with Crippen molar-refractivity contribution in [1.82, 2.24) is 15.0 Å². The Morgan fingerprint density at radius 1 is 0.463 bits per heavy atom. The molecule has 5 aromatic rings. The fraction of sp³-hybridized carbons (Fsp3) is 0.250. The highest BCUT2D eigenvalue weighted by molar-refractivity contribution is 5.58. The van der Waals surface area contributed by atoms with Crippen LogP contribution in [0.2, 0.25) is 0 Å². The molecule has 0 radical (unpaired) electrons. The molecule has 0 aliphatic rings. The standard InChI is InChI=1S/C32H35N3O6/c1-36-25-15-19(16-26(37-2)31(25)40-5)29(21-9-7-13-33-21)23-11-12-24(35-23)30(22-10-8-14-34-22)20-17-27(38-3)32(41-6)28(18-20)39-4/h7-18,29-30,33-35H,1-6H3. The molecule has 0 saturated heterocycles. The maximum absolute atomic E-state index is 5.67. The van der Waals surface area contributed by atoms with Crippen LogP contribution in [0.4, 0.5) is 0 Å². The van der Waals surface area contributed by atoms with Gasteiger partial charge in [-0.1, -0.05) is 0 Å². The highest BCUT2D eigenvalue weighted by atomic mass is 16.5. The van der Waals surface area contributed by atoms with E-state index in [0.717, 1.165) is 33.9 Å². The highest BCUT2D eigenvalue weighted by Gasteiger charge is 2.27. The van der Waals surface area contributed by atoms with Crippen molar-refractivity contribution in [2.24, 2.45) is 0 Å². The van der Waals surface area contributed by atoms with Gasteiger partial charge in [-0.15, -0.1) is 0 Å². The van der Waals surface area contributed by atoms with E-state index in [4.69, 9.17) is 28.4 Å². The molecule has 3 N–H and O–H groups in total. The predicted molar refractivity (Wildman–Crippen MR) is 156 cm³/mol. The summed E-state index contributed by atoms with van der Waals surface area (Å²) in [7, 11) is 9.69. The van der Waals surface area contributed by atoms with E-state index < -0.39 is 0 Å². The lowest BCUT2D eigenvalue weighted by Gasteiger charge is -2.21. The van der Waals surface area contributed by atoms with Gasteiger partial charge in [0.15, 0.2) is 23.0 Å². The van der Waals surface area contributed by atoms with Gasteiger partial charge in [0.25, 0.3) is 0 Å². The lowest BCUT2D eigenvalue weighted by molar-refractivity contribution is 0.323. The van der Waals surface area contributed by atoms with Crippen LogP contribution in [0.5, 0.6) is 34.5 Å². The quantitative estimate of drug-likeness (QED) is 0.172. The third kappa shape index (κ3) is 5.18. The van der Waals surface area contributed by atoms with Crippen LogP contribution in [0.25, 0.3) is 0 Å². The molecule has 0 spiro atoms. The summed E-state index contributed by atoms with van der Waals surface area (Å²) < 4.78 is 33.8. The summed E-state index contributed by atoms with van der Waals surface area (Å²) in [5, 5.41) is 0. The molecule has 2 aromatic carbocycles. The third-order valence-corrected chi connectivity index (χ3v) is 7.26. The first kappa shape index (κ1) is 27.6. The van der Waals surface area contributed by atoms with Crippen LogP contribution in [0.1, 0.15) is 45.7 Å². The summed E-state index contributed by atoms with van der Waals surface area (Å²) in [5.74, 6) is 3.11. The van der Waals surface area contributed by atoms with Gasteiger partial charge in [0.05, 0.1) is 54.5 Å². The Kier molecular flexibility index (Phi) is 8.14. The summed E-state index contributed by atoms with van der Waals surface area (Å²) >= 11 is 0. The Hall–Kier alpha value is -4.92. The van der Waals surface area contributed by atoms with Crippen molar-refractivity contribution in [1.29, 1.82) is 0 Å². The number of ether oxygens (including phenoxy) is 6. The number of H-pyrrole nitrogens is 3. The minimum absolute atomic E-state index is 0.170. The smallest absolute Gasteiger partial charge is 0.203 e. The fourth-order valence-electron chi connectivity index (χ4n) is 5.40. The van der Waals surface area contributed by atoms with Crippen LogP contribution in [-0.2, 0) is 0 Å². The molecule has 0 saturated carbocycles. The van der Waals surface area contributed by atoms with E-state index in [0.29, 0.717) is 34.5 Å². The Morgan fingerprint density at radius 3 is 1.10 bits per heavy atom. The zero-order valence-corrected chi connectivity index (χ0v) is 24.0. The molecule has 41 heavy (non-hydrogen) atoms. The van der Waals surface area contributed by atoms with E-state index in [1.54, 1.807) is 42.7 Å². The lowest BCUT2D eigenvalue weighted by atomic mass is 9.92. The fourth-order valence-corrected chi connectivity index (χ4v) is 5.40. The molecule has 3 heterocycles. The third-order valence-electron chi connectivity index (χ3n) is 7.26. The van der Waals surface area contributed by atoms with Crippen LogP contribution in [0.3, 0.4) is 0 Å². The molecule has 214 valence electrons.